The number of hydrogen-bond donors (Lipinski definition) is 3. The predicted molar refractivity (Wildman–Crippen MR) is 98.7 cm³/mol. The first-order chi connectivity index (χ1) is 11.8. The zero-order valence-electron chi connectivity index (χ0n) is 14.6. The van der Waals surface area contributed by atoms with Crippen LogP contribution in [0.3, 0.4) is 0 Å². The first-order valence-corrected chi connectivity index (χ1v) is 8.19. The van der Waals surface area contributed by atoms with Gasteiger partial charge in [-0.05, 0) is 56.2 Å². The average molecular weight is 338 g/mol. The van der Waals surface area contributed by atoms with E-state index >= 15 is 0 Å². The van der Waals surface area contributed by atoms with E-state index < -0.39 is 5.60 Å². The van der Waals surface area contributed by atoms with Gasteiger partial charge in [0.05, 0.1) is 6.54 Å². The number of para-hydroxylation sites is 1. The number of rotatable bonds is 4. The van der Waals surface area contributed by atoms with Crippen LogP contribution in [0.5, 0.6) is 0 Å². The van der Waals surface area contributed by atoms with Crippen molar-refractivity contribution < 1.29 is 14.3 Å². The number of aliphatic hydroxyl groups is 1. The first kappa shape index (κ1) is 17.0. The molecule has 0 aliphatic rings. The van der Waals surface area contributed by atoms with E-state index in [4.69, 9.17) is 4.42 Å². The number of benzene rings is 2. The van der Waals surface area contributed by atoms with E-state index in [1.807, 2.05) is 56.3 Å². The molecule has 5 heteroatoms. The number of furan rings is 1. The van der Waals surface area contributed by atoms with Crippen molar-refractivity contribution >= 4 is 22.7 Å². The van der Waals surface area contributed by atoms with E-state index in [9.17, 15) is 9.90 Å². The molecule has 0 saturated heterocycles. The Morgan fingerprint density at radius 2 is 1.88 bits per heavy atom. The van der Waals surface area contributed by atoms with Crippen LogP contribution in [0, 0.1) is 13.8 Å². The Morgan fingerprint density at radius 3 is 2.60 bits per heavy atom. The molecule has 1 atom stereocenters. The smallest absolute Gasteiger partial charge is 0.319 e. The van der Waals surface area contributed by atoms with Crippen LogP contribution < -0.4 is 10.6 Å². The van der Waals surface area contributed by atoms with E-state index in [-0.39, 0.29) is 12.6 Å². The molecule has 0 saturated carbocycles. The number of nitrogens with one attached hydrogen (secondary N) is 2. The SMILES string of the molecule is Cc1ccc(NC(=O)NCC(C)(O)c2cc3ccccc3o2)cc1C. The van der Waals surface area contributed by atoms with Gasteiger partial charge in [0, 0.05) is 11.1 Å². The highest BCUT2D eigenvalue weighted by atomic mass is 16.4. The molecular formula is C20H22N2O3. The molecular weight excluding hydrogens is 316 g/mol. The summed E-state index contributed by atoms with van der Waals surface area (Å²) in [5.74, 6) is 0.417. The fourth-order valence-electron chi connectivity index (χ4n) is 2.58. The Morgan fingerprint density at radius 1 is 1.12 bits per heavy atom. The summed E-state index contributed by atoms with van der Waals surface area (Å²) in [5, 5.41) is 17.0. The largest absolute Gasteiger partial charge is 0.458 e. The molecule has 0 fully saturated rings. The van der Waals surface area contributed by atoms with Crippen molar-refractivity contribution in [3.63, 3.8) is 0 Å². The van der Waals surface area contributed by atoms with Gasteiger partial charge in [-0.3, -0.25) is 0 Å². The Hall–Kier alpha value is -2.79. The number of aryl methyl sites for hydroxylation is 2. The molecule has 0 aliphatic heterocycles. The van der Waals surface area contributed by atoms with Crippen molar-refractivity contribution in [1.82, 2.24) is 5.32 Å². The van der Waals surface area contributed by atoms with Crippen LogP contribution in [-0.4, -0.2) is 17.7 Å². The van der Waals surface area contributed by atoms with E-state index in [0.717, 1.165) is 10.9 Å². The van der Waals surface area contributed by atoms with Gasteiger partial charge in [-0.15, -0.1) is 0 Å². The minimum absolute atomic E-state index is 0.0312. The molecule has 2 aromatic carbocycles. The van der Waals surface area contributed by atoms with Gasteiger partial charge in [0.25, 0.3) is 0 Å². The van der Waals surface area contributed by atoms with E-state index in [0.29, 0.717) is 17.0 Å². The molecule has 0 radical (unpaired) electrons. The number of hydrogen-bond acceptors (Lipinski definition) is 3. The summed E-state index contributed by atoms with van der Waals surface area (Å²) >= 11 is 0. The van der Waals surface area contributed by atoms with Crippen LogP contribution in [0.4, 0.5) is 10.5 Å². The third-order valence-electron chi connectivity index (χ3n) is 4.31. The number of urea groups is 1. The number of fused-ring (bicyclic) bond motifs is 1. The van der Waals surface area contributed by atoms with E-state index in [1.165, 1.54) is 5.56 Å². The lowest BCUT2D eigenvalue weighted by molar-refractivity contribution is 0.0388. The number of anilines is 1. The highest BCUT2D eigenvalue weighted by molar-refractivity contribution is 5.89. The van der Waals surface area contributed by atoms with Gasteiger partial charge in [0.2, 0.25) is 0 Å². The summed E-state index contributed by atoms with van der Waals surface area (Å²) in [7, 11) is 0. The third kappa shape index (κ3) is 3.83. The topological polar surface area (TPSA) is 74.5 Å². The quantitative estimate of drug-likeness (QED) is 0.671. The highest BCUT2D eigenvalue weighted by Gasteiger charge is 2.28. The fourth-order valence-corrected chi connectivity index (χ4v) is 2.58. The molecule has 3 aromatic rings. The fraction of sp³-hybridized carbons (Fsp3) is 0.250. The average Bonchev–Trinajstić information content (AvgIpc) is 3.02. The van der Waals surface area contributed by atoms with Crippen molar-refractivity contribution in [1.29, 1.82) is 0 Å². The molecule has 0 bridgehead atoms. The molecule has 0 aliphatic carbocycles. The molecule has 5 nitrogen and oxygen atoms in total. The summed E-state index contributed by atoms with van der Waals surface area (Å²) in [6.07, 6.45) is 0. The second-order valence-corrected chi connectivity index (χ2v) is 6.53. The van der Waals surface area contributed by atoms with Crippen LogP contribution >= 0.6 is 0 Å². The van der Waals surface area contributed by atoms with Gasteiger partial charge in [0.1, 0.15) is 16.9 Å². The monoisotopic (exact) mass is 338 g/mol. The molecule has 2 amide bonds. The van der Waals surface area contributed by atoms with Gasteiger partial charge >= 0.3 is 6.03 Å². The molecule has 1 unspecified atom stereocenters. The molecule has 0 spiro atoms. The van der Waals surface area contributed by atoms with Crippen LogP contribution in [0.2, 0.25) is 0 Å². The van der Waals surface area contributed by atoms with Gasteiger partial charge < -0.3 is 20.2 Å². The van der Waals surface area contributed by atoms with Crippen LogP contribution in [0.1, 0.15) is 23.8 Å². The minimum atomic E-state index is -1.31. The maximum atomic E-state index is 12.1. The zero-order chi connectivity index (χ0) is 18.0. The maximum absolute atomic E-state index is 12.1. The standard InChI is InChI=1S/C20H22N2O3/c1-13-8-9-16(10-14(13)2)22-19(23)21-12-20(3,24)18-11-15-6-4-5-7-17(15)25-18/h4-11,24H,12H2,1-3H3,(H2,21,22,23). The summed E-state index contributed by atoms with van der Waals surface area (Å²) in [6, 6.07) is 14.7. The summed E-state index contributed by atoms with van der Waals surface area (Å²) in [6.45, 7) is 5.65. The van der Waals surface area contributed by atoms with Crippen LogP contribution in [0.25, 0.3) is 11.0 Å². The van der Waals surface area contributed by atoms with Gasteiger partial charge in [-0.1, -0.05) is 24.3 Å². The molecule has 25 heavy (non-hydrogen) atoms. The molecule has 1 heterocycles. The molecule has 1 aromatic heterocycles. The van der Waals surface area contributed by atoms with Gasteiger partial charge in [-0.2, -0.15) is 0 Å². The highest BCUT2D eigenvalue weighted by Crippen LogP contribution is 2.27. The van der Waals surface area contributed by atoms with E-state index in [2.05, 4.69) is 10.6 Å². The third-order valence-corrected chi connectivity index (χ3v) is 4.31. The second kappa shape index (κ2) is 6.61. The van der Waals surface area contributed by atoms with Crippen molar-refractivity contribution in [2.24, 2.45) is 0 Å². The van der Waals surface area contributed by atoms with Gasteiger partial charge in [0.15, 0.2) is 0 Å². The molecule has 130 valence electrons. The molecule has 3 rings (SSSR count). The zero-order valence-corrected chi connectivity index (χ0v) is 14.6. The lowest BCUT2D eigenvalue weighted by atomic mass is 10.0. The lowest BCUT2D eigenvalue weighted by Crippen LogP contribution is -2.40. The Bertz CT molecular complexity index is 879. The van der Waals surface area contributed by atoms with Crippen LogP contribution in [0.15, 0.2) is 52.9 Å². The second-order valence-electron chi connectivity index (χ2n) is 6.53. The Labute approximate surface area is 146 Å². The normalized spacial score (nSPS) is 13.4. The Balaban J connectivity index is 1.64. The minimum Gasteiger partial charge on any atom is -0.458 e. The van der Waals surface area contributed by atoms with Crippen molar-refractivity contribution in [2.75, 3.05) is 11.9 Å². The summed E-state index contributed by atoms with van der Waals surface area (Å²) < 4.78 is 5.69. The predicted octanol–water partition coefficient (Wildman–Crippen LogP) is 4.08. The van der Waals surface area contributed by atoms with Crippen molar-refractivity contribution in [3.05, 3.63) is 65.4 Å². The lowest BCUT2D eigenvalue weighted by Gasteiger charge is -2.21. The van der Waals surface area contributed by atoms with E-state index in [1.54, 1.807) is 13.0 Å². The Kier molecular flexibility index (Phi) is 4.51. The summed E-state index contributed by atoms with van der Waals surface area (Å²) in [5.41, 5.74) is 2.38. The number of amides is 2. The van der Waals surface area contributed by atoms with Crippen molar-refractivity contribution in [3.8, 4) is 0 Å². The number of carbonyl (C=O) groups is 1. The first-order valence-electron chi connectivity index (χ1n) is 8.19. The van der Waals surface area contributed by atoms with Crippen LogP contribution in [-0.2, 0) is 5.60 Å². The van der Waals surface area contributed by atoms with Crippen molar-refractivity contribution in [2.45, 2.75) is 26.4 Å². The van der Waals surface area contributed by atoms with Gasteiger partial charge in [-0.25, -0.2) is 4.79 Å². The summed E-state index contributed by atoms with van der Waals surface area (Å²) in [4.78, 5) is 12.1. The maximum Gasteiger partial charge on any atom is 0.319 e. The molecule has 3 N–H and O–H groups in total. The number of carbonyl (C=O) groups excluding carboxylic acids is 1.